The molecule has 0 aliphatic rings. The Kier molecular flexibility index (Phi) is 7.48. The number of rotatable bonds is 9. The number of hydrogen-bond acceptors (Lipinski definition) is 4. The monoisotopic (exact) mass is 441 g/mol. The van der Waals surface area contributed by atoms with Gasteiger partial charge in [0.1, 0.15) is 11.9 Å². The van der Waals surface area contributed by atoms with Gasteiger partial charge in [-0.25, -0.2) is 14.7 Å². The highest BCUT2D eigenvalue weighted by atomic mass is 19.1. The van der Waals surface area contributed by atoms with Crippen LogP contribution in [0.15, 0.2) is 53.3 Å². The number of halogens is 1. The van der Waals surface area contributed by atoms with Crippen LogP contribution in [-0.2, 0) is 24.1 Å². The van der Waals surface area contributed by atoms with Gasteiger partial charge in [-0.3, -0.25) is 14.6 Å². The molecule has 0 aliphatic heterocycles. The number of hydroxylamine groups is 1. The summed E-state index contributed by atoms with van der Waals surface area (Å²) in [6.45, 7) is 3.58. The van der Waals surface area contributed by atoms with Crippen LogP contribution in [0.25, 0.3) is 0 Å². The van der Waals surface area contributed by atoms with Gasteiger partial charge in [-0.2, -0.15) is 0 Å². The van der Waals surface area contributed by atoms with Gasteiger partial charge in [0, 0.05) is 0 Å². The Morgan fingerprint density at radius 2 is 1.88 bits per heavy atom. The number of aromatic amines is 1. The summed E-state index contributed by atoms with van der Waals surface area (Å²) in [5, 5.41) is 19.6. The number of nitrogens with zero attached hydrogens (tertiary/aromatic N) is 1. The smallest absolute Gasteiger partial charge is 0.329 e. The quantitative estimate of drug-likeness (QED) is 0.301. The van der Waals surface area contributed by atoms with E-state index in [1.807, 2.05) is 43.3 Å². The Labute approximate surface area is 185 Å². The van der Waals surface area contributed by atoms with Gasteiger partial charge in [-0.15, -0.1) is 0 Å². The van der Waals surface area contributed by atoms with Gasteiger partial charge >= 0.3 is 5.69 Å². The molecule has 1 aromatic heterocycles. The van der Waals surface area contributed by atoms with Gasteiger partial charge in [0.2, 0.25) is 5.88 Å². The number of aromatic hydroxyl groups is 1. The molecule has 0 saturated heterocycles. The number of H-pyrrole nitrogens is 1. The molecule has 0 saturated carbocycles. The van der Waals surface area contributed by atoms with Crippen molar-refractivity contribution in [2.45, 2.75) is 45.6 Å². The Morgan fingerprint density at radius 1 is 1.16 bits per heavy atom. The third-order valence-electron chi connectivity index (χ3n) is 5.83. The molecule has 3 aromatic rings. The lowest BCUT2D eigenvalue weighted by atomic mass is 9.98. The molecule has 1 heterocycles. The molecular weight excluding hydrogens is 413 g/mol. The van der Waals surface area contributed by atoms with E-state index >= 15 is 0 Å². The summed E-state index contributed by atoms with van der Waals surface area (Å²) >= 11 is 0. The van der Waals surface area contributed by atoms with Gasteiger partial charge < -0.3 is 10.1 Å². The minimum Gasteiger partial charge on any atom is -0.493 e. The van der Waals surface area contributed by atoms with E-state index in [0.717, 1.165) is 15.7 Å². The first-order chi connectivity index (χ1) is 15.3. The zero-order valence-corrected chi connectivity index (χ0v) is 18.1. The molecule has 170 valence electrons. The van der Waals surface area contributed by atoms with Gasteiger partial charge in [0.15, 0.2) is 0 Å². The van der Waals surface area contributed by atoms with Crippen molar-refractivity contribution in [1.82, 2.24) is 15.0 Å². The highest BCUT2D eigenvalue weighted by Gasteiger charge is 2.31. The van der Waals surface area contributed by atoms with E-state index in [4.69, 9.17) is 5.21 Å². The average molecular weight is 442 g/mol. The fraction of sp³-hybridized carbons (Fsp3) is 0.333. The highest BCUT2D eigenvalue weighted by molar-refractivity contribution is 5.79. The number of amides is 1. The first-order valence-corrected chi connectivity index (χ1v) is 10.6. The molecular formula is C24H28FN3O4. The van der Waals surface area contributed by atoms with Crippen molar-refractivity contribution in [3.63, 3.8) is 0 Å². The van der Waals surface area contributed by atoms with Crippen LogP contribution in [0.1, 0.15) is 48.7 Å². The summed E-state index contributed by atoms with van der Waals surface area (Å²) < 4.78 is 15.6. The zero-order chi connectivity index (χ0) is 23.3. The second kappa shape index (κ2) is 10.3. The molecule has 0 spiro atoms. The molecule has 4 N–H and O–H groups in total. The molecule has 32 heavy (non-hydrogen) atoms. The van der Waals surface area contributed by atoms with Crippen molar-refractivity contribution in [3.05, 3.63) is 87.2 Å². The Balaban J connectivity index is 1.77. The maximum atomic E-state index is 14.7. The predicted octanol–water partition coefficient (Wildman–Crippen LogP) is 3.49. The lowest BCUT2D eigenvalue weighted by Gasteiger charge is -2.22. The summed E-state index contributed by atoms with van der Waals surface area (Å²) in [5.74, 6) is -1.84. The average Bonchev–Trinajstić information content (AvgIpc) is 3.07. The lowest BCUT2D eigenvalue weighted by Crippen LogP contribution is -2.38. The summed E-state index contributed by atoms with van der Waals surface area (Å²) in [6.07, 6.45) is 1.60. The molecule has 0 bridgehead atoms. The molecule has 0 fully saturated rings. The molecule has 0 aliphatic carbocycles. The van der Waals surface area contributed by atoms with Crippen LogP contribution in [0.2, 0.25) is 0 Å². The summed E-state index contributed by atoms with van der Waals surface area (Å²) in [7, 11) is 0. The van der Waals surface area contributed by atoms with Crippen molar-refractivity contribution >= 4 is 5.91 Å². The summed E-state index contributed by atoms with van der Waals surface area (Å²) in [4.78, 5) is 27.1. The number of carbonyl (C=O) groups is 1. The largest absolute Gasteiger partial charge is 0.493 e. The standard InChI is InChI=1S/C24H28FN3O4/c1-3-15(2)21(22(29)27-32)28-23(30)20(26-24(28)31)12-11-18-10-9-17(14-19(18)25)13-16-7-5-4-6-8-16/h4-10,14-15,21,30,32H,3,11-13H2,1-2H3,(H,26,31)(H,27,29). The van der Waals surface area contributed by atoms with E-state index in [2.05, 4.69) is 4.98 Å². The van der Waals surface area contributed by atoms with Crippen molar-refractivity contribution in [3.8, 4) is 5.88 Å². The number of hydrogen-bond donors (Lipinski definition) is 4. The second-order valence-electron chi connectivity index (χ2n) is 8.00. The predicted molar refractivity (Wildman–Crippen MR) is 118 cm³/mol. The van der Waals surface area contributed by atoms with E-state index in [1.165, 1.54) is 6.07 Å². The lowest BCUT2D eigenvalue weighted by molar-refractivity contribution is -0.134. The SMILES string of the molecule is CCC(C)C(C(=O)NO)n1c(O)c(CCc2ccc(Cc3ccccc3)cc2F)[nH]c1=O. The van der Waals surface area contributed by atoms with Crippen LogP contribution in [0.5, 0.6) is 5.88 Å². The number of imidazole rings is 1. The number of carbonyl (C=O) groups excluding carboxylic acids is 1. The van der Waals surface area contributed by atoms with Gasteiger partial charge in [-0.1, -0.05) is 62.7 Å². The van der Waals surface area contributed by atoms with Crippen molar-refractivity contribution in [2.24, 2.45) is 5.92 Å². The zero-order valence-electron chi connectivity index (χ0n) is 18.1. The molecule has 2 aromatic carbocycles. The minimum absolute atomic E-state index is 0.178. The number of aryl methyl sites for hydroxylation is 2. The van der Waals surface area contributed by atoms with Crippen LogP contribution in [0.3, 0.4) is 0 Å². The Hall–Kier alpha value is -3.39. The number of aromatic nitrogens is 2. The van der Waals surface area contributed by atoms with Gasteiger partial charge in [0.25, 0.3) is 5.91 Å². The second-order valence-corrected chi connectivity index (χ2v) is 8.00. The molecule has 8 heteroatoms. The summed E-state index contributed by atoms with van der Waals surface area (Å²) in [6, 6.07) is 13.8. The molecule has 0 radical (unpaired) electrons. The van der Waals surface area contributed by atoms with Crippen molar-refractivity contribution in [2.75, 3.05) is 0 Å². The normalized spacial score (nSPS) is 13.0. The van der Waals surface area contributed by atoms with E-state index in [-0.39, 0.29) is 36.2 Å². The number of benzene rings is 2. The van der Waals surface area contributed by atoms with E-state index in [0.29, 0.717) is 18.4 Å². The van der Waals surface area contributed by atoms with Crippen LogP contribution in [0.4, 0.5) is 4.39 Å². The summed E-state index contributed by atoms with van der Waals surface area (Å²) in [5.41, 5.74) is 3.51. The molecule has 7 nitrogen and oxygen atoms in total. The fourth-order valence-electron chi connectivity index (χ4n) is 3.83. The van der Waals surface area contributed by atoms with Gasteiger partial charge in [-0.05, 0) is 47.9 Å². The maximum absolute atomic E-state index is 14.7. The fourth-order valence-corrected chi connectivity index (χ4v) is 3.83. The third-order valence-corrected chi connectivity index (χ3v) is 5.83. The first-order valence-electron chi connectivity index (χ1n) is 10.6. The number of nitrogens with one attached hydrogen (secondary N) is 2. The topological polar surface area (TPSA) is 107 Å². The minimum atomic E-state index is -1.07. The van der Waals surface area contributed by atoms with Crippen LogP contribution in [0, 0.1) is 11.7 Å². The molecule has 2 atom stereocenters. The third kappa shape index (κ3) is 5.08. The molecule has 2 unspecified atom stereocenters. The molecule has 1 amide bonds. The Morgan fingerprint density at radius 3 is 2.50 bits per heavy atom. The maximum Gasteiger partial charge on any atom is 0.329 e. The highest BCUT2D eigenvalue weighted by Crippen LogP contribution is 2.27. The van der Waals surface area contributed by atoms with Gasteiger partial charge in [0.05, 0.1) is 5.69 Å². The van der Waals surface area contributed by atoms with Crippen LogP contribution >= 0.6 is 0 Å². The first kappa shape index (κ1) is 23.3. The molecule has 3 rings (SSSR count). The van der Waals surface area contributed by atoms with Crippen LogP contribution in [-0.4, -0.2) is 25.8 Å². The van der Waals surface area contributed by atoms with Crippen molar-refractivity contribution in [1.29, 1.82) is 0 Å². The Bertz CT molecular complexity index is 1120. The van der Waals surface area contributed by atoms with E-state index in [9.17, 15) is 19.1 Å². The van der Waals surface area contributed by atoms with Crippen molar-refractivity contribution < 1.29 is 19.5 Å². The van der Waals surface area contributed by atoms with Crippen LogP contribution < -0.4 is 11.2 Å². The van der Waals surface area contributed by atoms with E-state index in [1.54, 1.807) is 18.5 Å². The van der Waals surface area contributed by atoms with E-state index < -0.39 is 17.6 Å².